The van der Waals surface area contributed by atoms with Crippen molar-refractivity contribution >= 4 is 21.7 Å². The smallest absolute Gasteiger partial charge is 0.308 e. The first-order valence-corrected chi connectivity index (χ1v) is 15.0. The number of halogens is 3. The van der Waals surface area contributed by atoms with Gasteiger partial charge >= 0.3 is 5.97 Å². The predicted octanol–water partition coefficient (Wildman–Crippen LogP) is 5.65. The van der Waals surface area contributed by atoms with Crippen LogP contribution in [0.15, 0.2) is 71.6 Å². The molecule has 0 N–H and O–H groups in total. The minimum atomic E-state index is -4.15. The van der Waals surface area contributed by atoms with E-state index in [1.807, 2.05) is 0 Å². The third kappa shape index (κ3) is 5.25. The van der Waals surface area contributed by atoms with Gasteiger partial charge in [0.1, 0.15) is 22.2 Å². The van der Waals surface area contributed by atoms with Gasteiger partial charge in [0, 0.05) is 19.0 Å². The number of carbonyl (C=O) groups is 2. The minimum Gasteiger partial charge on any atom is -0.469 e. The van der Waals surface area contributed by atoms with Crippen LogP contribution in [-0.2, 0) is 28.9 Å². The van der Waals surface area contributed by atoms with Crippen LogP contribution in [0.2, 0.25) is 0 Å². The van der Waals surface area contributed by atoms with Gasteiger partial charge in [-0.05, 0) is 79.6 Å². The van der Waals surface area contributed by atoms with Crippen LogP contribution in [0.25, 0.3) is 11.1 Å². The zero-order valence-corrected chi connectivity index (χ0v) is 23.3. The van der Waals surface area contributed by atoms with Crippen LogP contribution in [0, 0.1) is 29.3 Å². The first-order valence-electron chi connectivity index (χ1n) is 13.5. The molecular weight excluding hydrogens is 555 g/mol. The SMILES string of the molecule is COC(=O)[C@H]1CC[C@H](C(=O)N2CC[C@](c3ccc(-c4c(F)cccc4F)cc3)(S(=O)(=O)c3ccc(F)cc3)C2)CC1. The summed E-state index contributed by atoms with van der Waals surface area (Å²) < 4.78 is 74.2. The van der Waals surface area contributed by atoms with Crippen molar-refractivity contribution in [1.29, 1.82) is 0 Å². The highest BCUT2D eigenvalue weighted by Gasteiger charge is 2.52. The number of methoxy groups -OCH3 is 1. The molecule has 2 fully saturated rings. The highest BCUT2D eigenvalue weighted by molar-refractivity contribution is 7.92. The fourth-order valence-electron chi connectivity index (χ4n) is 6.13. The molecule has 1 saturated heterocycles. The van der Waals surface area contributed by atoms with Crippen molar-refractivity contribution in [3.63, 3.8) is 0 Å². The van der Waals surface area contributed by atoms with Crippen LogP contribution < -0.4 is 0 Å². The summed E-state index contributed by atoms with van der Waals surface area (Å²) in [4.78, 5) is 26.9. The Morgan fingerprint density at radius 3 is 2.02 bits per heavy atom. The van der Waals surface area contributed by atoms with E-state index < -0.39 is 32.0 Å². The van der Waals surface area contributed by atoms with E-state index in [0.717, 1.165) is 24.3 Å². The fraction of sp³-hybridized carbons (Fsp3) is 0.355. The summed E-state index contributed by atoms with van der Waals surface area (Å²) in [5, 5.41) is 0. The van der Waals surface area contributed by atoms with Gasteiger partial charge in [-0.25, -0.2) is 21.6 Å². The Hall–Kier alpha value is -3.66. The third-order valence-electron chi connectivity index (χ3n) is 8.46. The number of carbonyl (C=O) groups excluding carboxylic acids is 2. The van der Waals surface area contributed by atoms with Crippen molar-refractivity contribution in [2.24, 2.45) is 11.8 Å². The molecule has 1 heterocycles. The van der Waals surface area contributed by atoms with Crippen molar-refractivity contribution in [3.8, 4) is 11.1 Å². The molecule has 0 unspecified atom stereocenters. The molecule has 216 valence electrons. The first kappa shape index (κ1) is 28.9. The van der Waals surface area contributed by atoms with Gasteiger partial charge in [-0.2, -0.15) is 0 Å². The Morgan fingerprint density at radius 1 is 0.854 bits per heavy atom. The molecule has 0 aromatic heterocycles. The highest BCUT2D eigenvalue weighted by atomic mass is 32.2. The van der Waals surface area contributed by atoms with Crippen LogP contribution >= 0.6 is 0 Å². The maximum absolute atomic E-state index is 14.4. The number of hydrogen-bond donors (Lipinski definition) is 0. The van der Waals surface area contributed by atoms with Gasteiger partial charge in [-0.1, -0.05) is 30.3 Å². The lowest BCUT2D eigenvalue weighted by Crippen LogP contribution is -2.42. The molecule has 41 heavy (non-hydrogen) atoms. The molecule has 2 aliphatic rings. The monoisotopic (exact) mass is 585 g/mol. The van der Waals surface area contributed by atoms with Crippen LogP contribution in [-0.4, -0.2) is 45.4 Å². The second kappa shape index (κ2) is 11.3. The zero-order valence-electron chi connectivity index (χ0n) is 22.5. The second-order valence-electron chi connectivity index (χ2n) is 10.7. The summed E-state index contributed by atoms with van der Waals surface area (Å²) in [6.07, 6.45) is 2.11. The number of ether oxygens (including phenoxy) is 1. The van der Waals surface area contributed by atoms with E-state index in [0.29, 0.717) is 31.2 Å². The number of esters is 1. The van der Waals surface area contributed by atoms with Crippen molar-refractivity contribution < 1.29 is 35.9 Å². The van der Waals surface area contributed by atoms with Crippen molar-refractivity contribution in [1.82, 2.24) is 4.90 Å². The maximum Gasteiger partial charge on any atom is 0.308 e. The largest absolute Gasteiger partial charge is 0.469 e. The van der Waals surface area contributed by atoms with E-state index in [1.54, 1.807) is 4.90 Å². The van der Waals surface area contributed by atoms with Crippen LogP contribution in [0.3, 0.4) is 0 Å². The molecule has 3 aromatic carbocycles. The zero-order chi connectivity index (χ0) is 29.4. The maximum atomic E-state index is 14.4. The molecule has 0 spiro atoms. The molecule has 0 bridgehead atoms. The molecule has 1 atom stereocenters. The Bertz CT molecular complexity index is 1530. The number of sulfone groups is 1. The number of nitrogens with zero attached hydrogens (tertiary/aromatic N) is 1. The highest BCUT2D eigenvalue weighted by Crippen LogP contribution is 2.45. The molecule has 0 radical (unpaired) electrons. The third-order valence-corrected chi connectivity index (χ3v) is 10.9. The Kier molecular flexibility index (Phi) is 7.96. The summed E-state index contributed by atoms with van der Waals surface area (Å²) in [5.74, 6) is -3.13. The number of benzene rings is 3. The quantitative estimate of drug-likeness (QED) is 0.276. The normalized spacial score (nSPS) is 22.9. The Labute approximate surface area is 237 Å². The molecule has 1 amide bonds. The fourth-order valence-corrected chi connectivity index (χ4v) is 8.21. The lowest BCUT2D eigenvalue weighted by Gasteiger charge is -2.32. The average Bonchev–Trinajstić information content (AvgIpc) is 3.44. The van der Waals surface area contributed by atoms with Gasteiger partial charge in [0.05, 0.1) is 23.5 Å². The molecule has 1 saturated carbocycles. The lowest BCUT2D eigenvalue weighted by atomic mass is 9.81. The number of likely N-dealkylation sites (tertiary alicyclic amines) is 1. The van der Waals surface area contributed by atoms with Crippen LogP contribution in [0.5, 0.6) is 0 Å². The van der Waals surface area contributed by atoms with Crippen LogP contribution in [0.1, 0.15) is 37.7 Å². The summed E-state index contributed by atoms with van der Waals surface area (Å²) >= 11 is 0. The van der Waals surface area contributed by atoms with E-state index in [9.17, 15) is 31.2 Å². The van der Waals surface area contributed by atoms with Crippen molar-refractivity contribution in [3.05, 3.63) is 89.7 Å². The van der Waals surface area contributed by atoms with E-state index in [2.05, 4.69) is 0 Å². The Morgan fingerprint density at radius 2 is 1.44 bits per heavy atom. The average molecular weight is 586 g/mol. The van der Waals surface area contributed by atoms with E-state index >= 15 is 0 Å². The van der Waals surface area contributed by atoms with Crippen LogP contribution in [0.4, 0.5) is 13.2 Å². The number of hydrogen-bond acceptors (Lipinski definition) is 5. The molecule has 6 nitrogen and oxygen atoms in total. The van der Waals surface area contributed by atoms with Gasteiger partial charge < -0.3 is 9.64 Å². The minimum absolute atomic E-state index is 0.0867. The van der Waals surface area contributed by atoms with Gasteiger partial charge in [-0.15, -0.1) is 0 Å². The van der Waals surface area contributed by atoms with Crippen molar-refractivity contribution in [2.75, 3.05) is 20.2 Å². The van der Waals surface area contributed by atoms with E-state index in [-0.39, 0.29) is 59.2 Å². The lowest BCUT2D eigenvalue weighted by molar-refractivity contribution is -0.148. The predicted molar refractivity (Wildman–Crippen MR) is 146 cm³/mol. The Balaban J connectivity index is 1.48. The second-order valence-corrected chi connectivity index (χ2v) is 13.0. The van der Waals surface area contributed by atoms with Gasteiger partial charge in [0.2, 0.25) is 5.91 Å². The van der Waals surface area contributed by atoms with E-state index in [1.165, 1.54) is 49.6 Å². The number of rotatable bonds is 6. The number of amides is 1. The standard InChI is InChI=1S/C31H30F3NO5S/c1-40-30(37)22-7-5-21(6-8-22)29(36)35-18-17-31(19-35,41(38,39)25-15-13-24(32)14-16-25)23-11-9-20(10-12-23)28-26(33)3-2-4-27(28)34/h2-4,9-16,21-22H,5-8,17-19H2,1H3/t21-,22-,31-/m0/s1. The van der Waals surface area contributed by atoms with Crippen molar-refractivity contribution in [2.45, 2.75) is 41.7 Å². The molecule has 10 heteroatoms. The summed E-state index contributed by atoms with van der Waals surface area (Å²) in [7, 11) is -2.82. The molecule has 3 aromatic rings. The molecule has 1 aliphatic carbocycles. The first-order chi connectivity index (χ1) is 19.6. The molecule has 1 aliphatic heterocycles. The van der Waals surface area contributed by atoms with Gasteiger partial charge in [0.25, 0.3) is 0 Å². The van der Waals surface area contributed by atoms with E-state index in [4.69, 9.17) is 4.74 Å². The summed E-state index contributed by atoms with van der Waals surface area (Å²) in [5.41, 5.74) is 0.388. The topological polar surface area (TPSA) is 80.8 Å². The summed E-state index contributed by atoms with van der Waals surface area (Å²) in [6, 6.07) is 14.1. The molecular formula is C31H30F3NO5S. The van der Waals surface area contributed by atoms with Gasteiger partial charge in [0.15, 0.2) is 9.84 Å². The molecule has 5 rings (SSSR count). The summed E-state index contributed by atoms with van der Waals surface area (Å²) in [6.45, 7) is 0.0513. The van der Waals surface area contributed by atoms with Gasteiger partial charge in [-0.3, -0.25) is 9.59 Å².